The highest BCUT2D eigenvalue weighted by molar-refractivity contribution is 5.89. The fraction of sp³-hybridized carbons (Fsp3) is 0.500. The number of aliphatic imine (C=N–C) groups is 1. The molecule has 1 atom stereocenters. The molecule has 0 saturated heterocycles. The van der Waals surface area contributed by atoms with E-state index in [1.54, 1.807) is 0 Å². The van der Waals surface area contributed by atoms with Crippen molar-refractivity contribution in [2.24, 2.45) is 4.99 Å². The molecule has 0 N–H and O–H groups in total. The Morgan fingerprint density at radius 1 is 1.83 bits per heavy atom. The Morgan fingerprint density at radius 3 is 3.08 bits per heavy atom. The highest BCUT2D eigenvalue weighted by atomic mass is 16.5. The first-order chi connectivity index (χ1) is 5.72. The van der Waals surface area contributed by atoms with Gasteiger partial charge in [-0.25, -0.2) is 4.99 Å². The summed E-state index contributed by atoms with van der Waals surface area (Å²) in [6, 6.07) is 0. The van der Waals surface area contributed by atoms with Crippen LogP contribution in [0.3, 0.4) is 0 Å². The predicted molar refractivity (Wildman–Crippen MR) is 51.4 cm³/mol. The maximum absolute atomic E-state index is 5.48. The Labute approximate surface area is 73.6 Å². The molecule has 0 aliphatic carbocycles. The molecule has 0 aromatic carbocycles. The van der Waals surface area contributed by atoms with E-state index in [1.807, 2.05) is 19.1 Å². The molecular weight excluding hydrogens is 150 g/mol. The van der Waals surface area contributed by atoms with E-state index in [-0.39, 0.29) is 6.10 Å². The lowest BCUT2D eigenvalue weighted by Crippen LogP contribution is -2.09. The van der Waals surface area contributed by atoms with Crippen LogP contribution in [0, 0.1) is 0 Å². The maximum atomic E-state index is 5.48. The van der Waals surface area contributed by atoms with E-state index in [2.05, 4.69) is 18.5 Å². The van der Waals surface area contributed by atoms with Crippen LogP contribution >= 0.6 is 0 Å². The third-order valence-electron chi connectivity index (χ3n) is 1.70. The van der Waals surface area contributed by atoms with Crippen molar-refractivity contribution in [3.8, 4) is 0 Å². The second kappa shape index (κ2) is 4.10. The van der Waals surface area contributed by atoms with Crippen molar-refractivity contribution in [3.05, 3.63) is 24.3 Å². The standard InChI is InChI=1S/C10H15NO/c1-4-9-7-11-10(12-9)6-5-8(2)3/h5-6,9H,2,4,7H2,1,3H3. The van der Waals surface area contributed by atoms with Gasteiger partial charge in [0, 0.05) is 6.08 Å². The highest BCUT2D eigenvalue weighted by Crippen LogP contribution is 2.08. The number of ether oxygens (including phenoxy) is 1. The Kier molecular flexibility index (Phi) is 3.09. The Bertz CT molecular complexity index is 228. The summed E-state index contributed by atoms with van der Waals surface area (Å²) in [5.41, 5.74) is 1.02. The zero-order valence-electron chi connectivity index (χ0n) is 7.71. The summed E-state index contributed by atoms with van der Waals surface area (Å²) in [6.45, 7) is 8.61. The Morgan fingerprint density at radius 2 is 2.58 bits per heavy atom. The van der Waals surface area contributed by atoms with Gasteiger partial charge in [0.25, 0.3) is 0 Å². The molecule has 0 aromatic rings. The van der Waals surface area contributed by atoms with Crippen molar-refractivity contribution in [1.82, 2.24) is 0 Å². The molecule has 1 aliphatic heterocycles. The molecule has 2 heteroatoms. The van der Waals surface area contributed by atoms with Crippen LogP contribution in [0.2, 0.25) is 0 Å². The molecule has 0 bridgehead atoms. The van der Waals surface area contributed by atoms with Crippen LogP contribution in [0.25, 0.3) is 0 Å². The first-order valence-corrected chi connectivity index (χ1v) is 4.27. The lowest BCUT2D eigenvalue weighted by Gasteiger charge is -2.04. The van der Waals surface area contributed by atoms with Crippen LogP contribution in [-0.4, -0.2) is 18.5 Å². The highest BCUT2D eigenvalue weighted by Gasteiger charge is 2.14. The molecule has 1 unspecified atom stereocenters. The third-order valence-corrected chi connectivity index (χ3v) is 1.70. The molecular formula is C10H15NO. The maximum Gasteiger partial charge on any atom is 0.209 e. The molecule has 0 aromatic heterocycles. The van der Waals surface area contributed by atoms with Crippen molar-refractivity contribution in [1.29, 1.82) is 0 Å². The molecule has 1 rings (SSSR count). The first kappa shape index (κ1) is 9.04. The molecule has 0 amide bonds. The van der Waals surface area contributed by atoms with Gasteiger partial charge in [-0.2, -0.15) is 0 Å². The lowest BCUT2D eigenvalue weighted by atomic mass is 10.3. The van der Waals surface area contributed by atoms with Gasteiger partial charge < -0.3 is 4.74 Å². The fourth-order valence-electron chi connectivity index (χ4n) is 0.955. The second-order valence-corrected chi connectivity index (χ2v) is 3.01. The van der Waals surface area contributed by atoms with E-state index in [0.29, 0.717) is 0 Å². The average molecular weight is 165 g/mol. The summed E-state index contributed by atoms with van der Waals surface area (Å²) < 4.78 is 5.48. The number of rotatable bonds is 3. The van der Waals surface area contributed by atoms with Crippen LogP contribution in [0.4, 0.5) is 0 Å². The first-order valence-electron chi connectivity index (χ1n) is 4.27. The fourth-order valence-corrected chi connectivity index (χ4v) is 0.955. The van der Waals surface area contributed by atoms with Gasteiger partial charge in [-0.15, -0.1) is 0 Å². The van der Waals surface area contributed by atoms with Crippen LogP contribution in [0.1, 0.15) is 20.3 Å². The summed E-state index contributed by atoms with van der Waals surface area (Å²) >= 11 is 0. The summed E-state index contributed by atoms with van der Waals surface area (Å²) in [4.78, 5) is 4.23. The molecule has 1 heterocycles. The largest absolute Gasteiger partial charge is 0.473 e. The summed E-state index contributed by atoms with van der Waals surface area (Å²) in [7, 11) is 0. The average Bonchev–Trinajstić information content (AvgIpc) is 2.48. The van der Waals surface area contributed by atoms with Crippen LogP contribution in [0.5, 0.6) is 0 Å². The molecule has 0 spiro atoms. The molecule has 12 heavy (non-hydrogen) atoms. The van der Waals surface area contributed by atoms with E-state index in [4.69, 9.17) is 4.74 Å². The van der Waals surface area contributed by atoms with Gasteiger partial charge in [0.05, 0.1) is 6.54 Å². The normalized spacial score (nSPS) is 22.5. The molecule has 0 saturated carbocycles. The lowest BCUT2D eigenvalue weighted by molar-refractivity contribution is 0.221. The Hall–Kier alpha value is -1.05. The van der Waals surface area contributed by atoms with Gasteiger partial charge in [0.2, 0.25) is 5.90 Å². The number of nitrogens with zero attached hydrogens (tertiary/aromatic N) is 1. The summed E-state index contributed by atoms with van der Waals surface area (Å²) in [6.07, 6.45) is 5.10. The van der Waals surface area contributed by atoms with E-state index >= 15 is 0 Å². The van der Waals surface area contributed by atoms with Crippen molar-refractivity contribution >= 4 is 5.90 Å². The monoisotopic (exact) mass is 165 g/mol. The summed E-state index contributed by atoms with van der Waals surface area (Å²) in [5, 5.41) is 0. The van der Waals surface area contributed by atoms with Gasteiger partial charge in [0.15, 0.2) is 0 Å². The minimum atomic E-state index is 0.287. The zero-order chi connectivity index (χ0) is 8.97. The smallest absolute Gasteiger partial charge is 0.209 e. The van der Waals surface area contributed by atoms with Crippen LogP contribution in [-0.2, 0) is 4.74 Å². The number of hydrogen-bond donors (Lipinski definition) is 0. The zero-order valence-corrected chi connectivity index (χ0v) is 7.71. The third kappa shape index (κ3) is 2.53. The van der Waals surface area contributed by atoms with Crippen molar-refractivity contribution in [2.45, 2.75) is 26.4 Å². The number of hydrogen-bond acceptors (Lipinski definition) is 2. The van der Waals surface area contributed by atoms with Crippen molar-refractivity contribution in [3.63, 3.8) is 0 Å². The van der Waals surface area contributed by atoms with E-state index in [1.165, 1.54) is 0 Å². The van der Waals surface area contributed by atoms with Crippen molar-refractivity contribution < 1.29 is 4.74 Å². The van der Waals surface area contributed by atoms with Gasteiger partial charge in [-0.3, -0.25) is 0 Å². The summed E-state index contributed by atoms with van der Waals surface area (Å²) in [5.74, 6) is 0.741. The van der Waals surface area contributed by atoms with Crippen molar-refractivity contribution in [2.75, 3.05) is 6.54 Å². The molecule has 66 valence electrons. The SMILES string of the molecule is C=C(C)C=CC1=NCC(CC)O1. The quantitative estimate of drug-likeness (QED) is 0.588. The minimum absolute atomic E-state index is 0.287. The van der Waals surface area contributed by atoms with E-state index in [0.717, 1.165) is 24.4 Å². The number of allylic oxidation sites excluding steroid dienone is 2. The predicted octanol–water partition coefficient (Wildman–Crippen LogP) is 2.33. The van der Waals surface area contributed by atoms with Gasteiger partial charge in [-0.1, -0.05) is 25.2 Å². The molecule has 0 fully saturated rings. The van der Waals surface area contributed by atoms with E-state index in [9.17, 15) is 0 Å². The van der Waals surface area contributed by atoms with E-state index < -0.39 is 0 Å². The van der Waals surface area contributed by atoms with Gasteiger partial charge >= 0.3 is 0 Å². The Balaban J connectivity index is 2.41. The molecule has 0 radical (unpaired) electrons. The molecule has 1 aliphatic rings. The van der Waals surface area contributed by atoms with Gasteiger partial charge in [0.1, 0.15) is 6.10 Å². The van der Waals surface area contributed by atoms with Crippen LogP contribution < -0.4 is 0 Å². The molecule has 2 nitrogen and oxygen atoms in total. The second-order valence-electron chi connectivity index (χ2n) is 3.01. The topological polar surface area (TPSA) is 21.6 Å². The van der Waals surface area contributed by atoms with Gasteiger partial charge in [-0.05, 0) is 13.3 Å². The van der Waals surface area contributed by atoms with Crippen LogP contribution in [0.15, 0.2) is 29.3 Å². The minimum Gasteiger partial charge on any atom is -0.473 e.